The fraction of sp³-hybridized carbons (Fsp3) is 1.00. The third kappa shape index (κ3) is 1.01. The van der Waals surface area contributed by atoms with Crippen LogP contribution < -0.4 is 4.90 Å². The molecule has 2 fully saturated rings. The molecule has 0 aromatic carbocycles. The van der Waals surface area contributed by atoms with Crippen molar-refractivity contribution in [2.45, 2.75) is 57.0 Å². The van der Waals surface area contributed by atoms with Gasteiger partial charge >= 0.3 is 0 Å². The van der Waals surface area contributed by atoms with Crippen LogP contribution in [0, 0.1) is 0 Å². The smallest absolute Gasteiger partial charge is 0.0983 e. The summed E-state index contributed by atoms with van der Waals surface area (Å²) < 4.78 is 0. The lowest BCUT2D eigenvalue weighted by Gasteiger charge is -2.43. The van der Waals surface area contributed by atoms with Crippen LogP contribution in [0.25, 0.3) is 0 Å². The second kappa shape index (κ2) is 2.01. The molecule has 1 N–H and O–H groups in total. The van der Waals surface area contributed by atoms with Crippen LogP contribution in [0.15, 0.2) is 0 Å². The van der Waals surface area contributed by atoms with Crippen molar-refractivity contribution in [3.05, 3.63) is 0 Å². The number of nitrogens with one attached hydrogen (secondary N) is 1. The molecule has 0 bridgehead atoms. The molecule has 0 aromatic rings. The maximum atomic E-state index is 2.42. The zero-order chi connectivity index (χ0) is 8.11. The Kier molecular flexibility index (Phi) is 1.39. The van der Waals surface area contributed by atoms with Crippen LogP contribution in [0.5, 0.6) is 0 Å². The van der Waals surface area contributed by atoms with Gasteiger partial charge in [0.2, 0.25) is 0 Å². The van der Waals surface area contributed by atoms with E-state index in [-0.39, 0.29) is 0 Å². The summed E-state index contributed by atoms with van der Waals surface area (Å²) in [5, 5.41) is 0. The van der Waals surface area contributed by atoms with Crippen molar-refractivity contribution >= 4 is 0 Å². The maximum Gasteiger partial charge on any atom is 0.0983 e. The topological polar surface area (TPSA) is 4.44 Å². The second-order valence-corrected chi connectivity index (χ2v) is 5.14. The van der Waals surface area contributed by atoms with E-state index in [1.807, 2.05) is 0 Å². The van der Waals surface area contributed by atoms with E-state index in [1.165, 1.54) is 32.1 Å². The predicted molar refractivity (Wildman–Crippen MR) is 46.8 cm³/mol. The van der Waals surface area contributed by atoms with Gasteiger partial charge in [-0.25, -0.2) is 0 Å². The van der Waals surface area contributed by atoms with E-state index in [2.05, 4.69) is 20.9 Å². The van der Waals surface area contributed by atoms with E-state index < -0.39 is 0 Å². The maximum absolute atomic E-state index is 2.42. The molecular weight excluding hydrogens is 134 g/mol. The van der Waals surface area contributed by atoms with Crippen LogP contribution in [0.3, 0.4) is 0 Å². The Morgan fingerprint density at radius 2 is 1.64 bits per heavy atom. The first-order valence-corrected chi connectivity index (χ1v) is 4.91. The van der Waals surface area contributed by atoms with Crippen LogP contribution in [0.2, 0.25) is 0 Å². The minimum atomic E-state index is 0.550. The van der Waals surface area contributed by atoms with Gasteiger partial charge in [0, 0.05) is 25.7 Å². The van der Waals surface area contributed by atoms with Gasteiger partial charge in [-0.15, -0.1) is 0 Å². The Balaban J connectivity index is 2.16. The van der Waals surface area contributed by atoms with Crippen molar-refractivity contribution in [2.75, 3.05) is 7.05 Å². The average Bonchev–Trinajstić information content (AvgIpc) is 2.65. The molecule has 1 aliphatic heterocycles. The molecule has 2 aliphatic rings. The minimum absolute atomic E-state index is 0.550. The SMILES string of the molecule is C[NH+]1C(C)(C)CCCC12CC2. The Hall–Kier alpha value is -0.0400. The van der Waals surface area contributed by atoms with Crippen molar-refractivity contribution in [3.8, 4) is 0 Å². The summed E-state index contributed by atoms with van der Waals surface area (Å²) in [5.41, 5.74) is 1.29. The molecule has 1 aliphatic carbocycles. The summed E-state index contributed by atoms with van der Waals surface area (Å²) in [6, 6.07) is 0. The third-order valence-electron chi connectivity index (χ3n) is 4.12. The Labute approximate surface area is 69.8 Å². The standard InChI is InChI=1S/C10H19N/c1-9(2)5-4-6-10(7-8-10)11(9)3/h4-8H2,1-3H3/p+1. The number of hydrogen-bond acceptors (Lipinski definition) is 0. The fourth-order valence-electron chi connectivity index (χ4n) is 2.74. The number of piperidine rings is 1. The largest absolute Gasteiger partial charge is 0.328 e. The number of rotatable bonds is 0. The molecule has 1 saturated heterocycles. The van der Waals surface area contributed by atoms with Crippen molar-refractivity contribution in [3.63, 3.8) is 0 Å². The predicted octanol–water partition coefficient (Wildman–Crippen LogP) is 0.996. The van der Waals surface area contributed by atoms with E-state index in [0.717, 1.165) is 5.54 Å². The molecule has 1 saturated carbocycles. The number of quaternary nitrogens is 1. The highest BCUT2D eigenvalue weighted by atomic mass is 15.3. The van der Waals surface area contributed by atoms with Gasteiger partial charge in [0.1, 0.15) is 0 Å². The molecule has 0 aromatic heterocycles. The Morgan fingerprint density at radius 3 is 2.09 bits per heavy atom. The Bertz CT molecular complexity index is 162. The fourth-order valence-corrected chi connectivity index (χ4v) is 2.74. The van der Waals surface area contributed by atoms with Gasteiger partial charge in [0.25, 0.3) is 0 Å². The van der Waals surface area contributed by atoms with Crippen molar-refractivity contribution < 1.29 is 4.90 Å². The molecule has 64 valence electrons. The number of likely N-dealkylation sites (tertiary alicyclic amines) is 1. The van der Waals surface area contributed by atoms with Gasteiger partial charge in [-0.1, -0.05) is 0 Å². The van der Waals surface area contributed by atoms with E-state index in [4.69, 9.17) is 0 Å². The molecule has 1 atom stereocenters. The van der Waals surface area contributed by atoms with E-state index in [1.54, 1.807) is 4.90 Å². The first kappa shape index (κ1) is 7.60. The van der Waals surface area contributed by atoms with Gasteiger partial charge in [-0.05, 0) is 20.3 Å². The van der Waals surface area contributed by atoms with E-state index in [0.29, 0.717) is 5.54 Å². The average molecular weight is 154 g/mol. The molecule has 11 heavy (non-hydrogen) atoms. The van der Waals surface area contributed by atoms with Gasteiger partial charge < -0.3 is 4.90 Å². The lowest BCUT2D eigenvalue weighted by Crippen LogP contribution is -3.22. The lowest BCUT2D eigenvalue weighted by atomic mass is 9.85. The molecule has 1 unspecified atom stereocenters. The van der Waals surface area contributed by atoms with Crippen LogP contribution in [0.4, 0.5) is 0 Å². The first-order chi connectivity index (χ1) is 5.07. The molecule has 1 nitrogen and oxygen atoms in total. The van der Waals surface area contributed by atoms with Gasteiger partial charge in [0.15, 0.2) is 0 Å². The molecule has 2 rings (SSSR count). The molecule has 1 heterocycles. The summed E-state index contributed by atoms with van der Waals surface area (Å²) in [7, 11) is 2.40. The van der Waals surface area contributed by atoms with Crippen LogP contribution >= 0.6 is 0 Å². The summed E-state index contributed by atoms with van der Waals surface area (Å²) in [6.07, 6.45) is 7.34. The quantitative estimate of drug-likeness (QED) is 0.531. The summed E-state index contributed by atoms with van der Waals surface area (Å²) in [5.74, 6) is 0. The van der Waals surface area contributed by atoms with Crippen LogP contribution in [0.1, 0.15) is 46.0 Å². The van der Waals surface area contributed by atoms with Gasteiger partial charge in [0.05, 0.1) is 18.1 Å². The molecule has 1 spiro atoms. The molecule has 1 heteroatoms. The van der Waals surface area contributed by atoms with E-state index in [9.17, 15) is 0 Å². The zero-order valence-electron chi connectivity index (χ0n) is 8.04. The third-order valence-corrected chi connectivity index (χ3v) is 4.12. The summed E-state index contributed by atoms with van der Waals surface area (Å²) in [6.45, 7) is 4.84. The number of hydrogen-bond donors (Lipinski definition) is 1. The normalized spacial score (nSPS) is 39.0. The van der Waals surface area contributed by atoms with Crippen LogP contribution in [-0.4, -0.2) is 18.1 Å². The van der Waals surface area contributed by atoms with Crippen molar-refractivity contribution in [1.82, 2.24) is 0 Å². The summed E-state index contributed by atoms with van der Waals surface area (Å²) >= 11 is 0. The van der Waals surface area contributed by atoms with E-state index >= 15 is 0 Å². The second-order valence-electron chi connectivity index (χ2n) is 5.14. The highest BCUT2D eigenvalue weighted by Crippen LogP contribution is 2.41. The van der Waals surface area contributed by atoms with Crippen LogP contribution in [-0.2, 0) is 0 Å². The molecule has 0 radical (unpaired) electrons. The molecule has 0 amide bonds. The van der Waals surface area contributed by atoms with Gasteiger partial charge in [-0.2, -0.15) is 0 Å². The minimum Gasteiger partial charge on any atom is -0.328 e. The highest BCUT2D eigenvalue weighted by Gasteiger charge is 2.56. The zero-order valence-corrected chi connectivity index (χ0v) is 8.04. The Morgan fingerprint density at radius 1 is 1.00 bits per heavy atom. The molecular formula is C10H20N+. The van der Waals surface area contributed by atoms with Gasteiger partial charge in [-0.3, -0.25) is 0 Å². The summed E-state index contributed by atoms with van der Waals surface area (Å²) in [4.78, 5) is 1.80. The van der Waals surface area contributed by atoms with Crippen molar-refractivity contribution in [1.29, 1.82) is 0 Å². The first-order valence-electron chi connectivity index (χ1n) is 4.91. The highest BCUT2D eigenvalue weighted by molar-refractivity contribution is 4.97. The van der Waals surface area contributed by atoms with Crippen molar-refractivity contribution in [2.24, 2.45) is 0 Å². The monoisotopic (exact) mass is 154 g/mol. The lowest BCUT2D eigenvalue weighted by molar-refractivity contribution is -0.971.